The second-order valence-corrected chi connectivity index (χ2v) is 7.73. The number of carbonyl (C=O) groups is 1. The molecule has 7 heteroatoms. The Morgan fingerprint density at radius 2 is 2.00 bits per heavy atom. The molecule has 0 unspecified atom stereocenters. The van der Waals surface area contributed by atoms with Crippen LogP contribution in [0.5, 0.6) is 0 Å². The lowest BCUT2D eigenvalue weighted by Crippen LogP contribution is -2.49. The Morgan fingerprint density at radius 3 is 2.61 bits per heavy atom. The molecule has 0 saturated carbocycles. The number of piperidine rings is 1. The lowest BCUT2D eigenvalue weighted by molar-refractivity contribution is 0.0618. The molecule has 1 aliphatic rings. The van der Waals surface area contributed by atoms with Gasteiger partial charge >= 0.3 is 0 Å². The standard InChI is InChI=1S/C16H24N2O4S/c1-22-12-13-6-8-14(9-7-13)16(19)18-10-4-3-5-15(18)11-17-23(2,20)21/h6-9,15,17H,3-5,10-12H2,1-2H3/t15-/m1/s1. The molecule has 0 spiro atoms. The summed E-state index contributed by atoms with van der Waals surface area (Å²) in [6.07, 6.45) is 3.90. The molecule has 1 heterocycles. The average molecular weight is 340 g/mol. The van der Waals surface area contributed by atoms with Gasteiger partial charge in [0.05, 0.1) is 12.9 Å². The van der Waals surface area contributed by atoms with E-state index in [1.807, 2.05) is 12.1 Å². The van der Waals surface area contributed by atoms with Crippen molar-refractivity contribution in [3.8, 4) is 0 Å². The molecule has 1 aromatic carbocycles. The van der Waals surface area contributed by atoms with E-state index in [0.29, 0.717) is 18.7 Å². The van der Waals surface area contributed by atoms with Crippen LogP contribution in [0, 0.1) is 0 Å². The number of carbonyl (C=O) groups excluding carboxylic acids is 1. The van der Waals surface area contributed by atoms with Crippen molar-refractivity contribution in [1.82, 2.24) is 9.62 Å². The highest BCUT2D eigenvalue weighted by atomic mass is 32.2. The van der Waals surface area contributed by atoms with E-state index in [1.54, 1.807) is 24.1 Å². The lowest BCUT2D eigenvalue weighted by Gasteiger charge is -2.35. The van der Waals surface area contributed by atoms with Crippen LogP contribution in [0.4, 0.5) is 0 Å². The summed E-state index contributed by atoms with van der Waals surface area (Å²) in [6.45, 7) is 1.44. The smallest absolute Gasteiger partial charge is 0.254 e. The van der Waals surface area contributed by atoms with Crippen LogP contribution in [0.2, 0.25) is 0 Å². The van der Waals surface area contributed by atoms with Gasteiger partial charge in [0.2, 0.25) is 10.0 Å². The van der Waals surface area contributed by atoms with Gasteiger partial charge < -0.3 is 9.64 Å². The van der Waals surface area contributed by atoms with Crippen LogP contribution in [0.1, 0.15) is 35.2 Å². The molecule has 1 aliphatic heterocycles. The van der Waals surface area contributed by atoms with Crippen LogP contribution in [0.15, 0.2) is 24.3 Å². The van der Waals surface area contributed by atoms with Crippen LogP contribution < -0.4 is 4.72 Å². The van der Waals surface area contributed by atoms with Crippen LogP contribution in [-0.2, 0) is 21.4 Å². The highest BCUT2D eigenvalue weighted by Gasteiger charge is 2.27. The number of nitrogens with one attached hydrogen (secondary N) is 1. The van der Waals surface area contributed by atoms with Crippen molar-refractivity contribution in [1.29, 1.82) is 0 Å². The van der Waals surface area contributed by atoms with Crippen molar-refractivity contribution >= 4 is 15.9 Å². The Balaban J connectivity index is 2.07. The van der Waals surface area contributed by atoms with Crippen LogP contribution in [-0.4, -0.2) is 51.7 Å². The fraction of sp³-hybridized carbons (Fsp3) is 0.562. The molecule has 1 aromatic rings. The molecule has 1 saturated heterocycles. The second kappa shape index (κ2) is 7.90. The summed E-state index contributed by atoms with van der Waals surface area (Å²) in [5.74, 6) is -0.0473. The molecule has 0 aromatic heterocycles. The molecule has 2 rings (SSSR count). The lowest BCUT2D eigenvalue weighted by atomic mass is 10.0. The highest BCUT2D eigenvalue weighted by Crippen LogP contribution is 2.20. The summed E-state index contributed by atoms with van der Waals surface area (Å²) in [7, 11) is -1.62. The number of likely N-dealkylation sites (tertiary alicyclic amines) is 1. The number of hydrogen-bond donors (Lipinski definition) is 1. The maximum Gasteiger partial charge on any atom is 0.254 e. The van der Waals surface area contributed by atoms with Gasteiger partial charge in [0.15, 0.2) is 0 Å². The first kappa shape index (κ1) is 17.9. The number of sulfonamides is 1. The SMILES string of the molecule is COCc1ccc(C(=O)N2CCCC[C@@H]2CNS(C)(=O)=O)cc1. The number of hydrogen-bond acceptors (Lipinski definition) is 4. The van der Waals surface area contributed by atoms with Gasteiger partial charge in [0.25, 0.3) is 5.91 Å². The van der Waals surface area contributed by atoms with E-state index in [9.17, 15) is 13.2 Å². The van der Waals surface area contributed by atoms with E-state index in [1.165, 1.54) is 0 Å². The van der Waals surface area contributed by atoms with Gasteiger partial charge in [0.1, 0.15) is 0 Å². The predicted octanol–water partition coefficient (Wildman–Crippen LogP) is 1.38. The van der Waals surface area contributed by atoms with E-state index in [0.717, 1.165) is 31.1 Å². The Labute approximate surface area is 137 Å². The van der Waals surface area contributed by atoms with Crippen molar-refractivity contribution < 1.29 is 17.9 Å². The Hall–Kier alpha value is -1.44. The quantitative estimate of drug-likeness (QED) is 0.849. The molecule has 23 heavy (non-hydrogen) atoms. The largest absolute Gasteiger partial charge is 0.380 e. The number of nitrogens with zero attached hydrogens (tertiary/aromatic N) is 1. The minimum absolute atomic E-state index is 0.0473. The van der Waals surface area contributed by atoms with Crippen LogP contribution in [0.3, 0.4) is 0 Å². The van der Waals surface area contributed by atoms with Crippen LogP contribution in [0.25, 0.3) is 0 Å². The maximum atomic E-state index is 12.7. The van der Waals surface area contributed by atoms with E-state index >= 15 is 0 Å². The number of rotatable bonds is 6. The first-order chi connectivity index (χ1) is 10.9. The van der Waals surface area contributed by atoms with Crippen molar-refractivity contribution in [3.05, 3.63) is 35.4 Å². The first-order valence-electron chi connectivity index (χ1n) is 7.74. The zero-order valence-electron chi connectivity index (χ0n) is 13.6. The van der Waals surface area contributed by atoms with Gasteiger partial charge in [0, 0.05) is 31.8 Å². The molecule has 1 N–H and O–H groups in total. The van der Waals surface area contributed by atoms with E-state index in [2.05, 4.69) is 4.72 Å². The Bertz CT molecular complexity index is 628. The minimum Gasteiger partial charge on any atom is -0.380 e. The number of amides is 1. The topological polar surface area (TPSA) is 75.7 Å². The zero-order chi connectivity index (χ0) is 16.9. The Kier molecular flexibility index (Phi) is 6.15. The monoisotopic (exact) mass is 340 g/mol. The molecule has 1 amide bonds. The molecule has 0 aliphatic carbocycles. The van der Waals surface area contributed by atoms with Gasteiger partial charge in [-0.2, -0.15) is 0 Å². The van der Waals surface area contributed by atoms with Crippen molar-refractivity contribution in [3.63, 3.8) is 0 Å². The predicted molar refractivity (Wildman–Crippen MR) is 88.7 cm³/mol. The van der Waals surface area contributed by atoms with Gasteiger partial charge in [-0.05, 0) is 37.0 Å². The minimum atomic E-state index is -3.25. The van der Waals surface area contributed by atoms with Crippen molar-refractivity contribution in [2.24, 2.45) is 0 Å². The first-order valence-corrected chi connectivity index (χ1v) is 9.63. The fourth-order valence-electron chi connectivity index (χ4n) is 2.80. The molecule has 0 bridgehead atoms. The van der Waals surface area contributed by atoms with Gasteiger partial charge in [-0.1, -0.05) is 12.1 Å². The molecule has 1 fully saturated rings. The van der Waals surface area contributed by atoms with Gasteiger partial charge in [-0.25, -0.2) is 13.1 Å². The summed E-state index contributed by atoms with van der Waals surface area (Å²) in [5, 5.41) is 0. The molecule has 6 nitrogen and oxygen atoms in total. The third kappa shape index (κ3) is 5.30. The highest BCUT2D eigenvalue weighted by molar-refractivity contribution is 7.88. The summed E-state index contributed by atoms with van der Waals surface area (Å²) >= 11 is 0. The number of benzene rings is 1. The van der Waals surface area contributed by atoms with Crippen molar-refractivity contribution in [2.75, 3.05) is 26.5 Å². The number of ether oxygens (including phenoxy) is 1. The van der Waals surface area contributed by atoms with E-state index in [-0.39, 0.29) is 18.5 Å². The second-order valence-electron chi connectivity index (χ2n) is 5.90. The summed E-state index contributed by atoms with van der Waals surface area (Å²) in [5.41, 5.74) is 1.63. The maximum absolute atomic E-state index is 12.7. The number of methoxy groups -OCH3 is 1. The molecule has 0 radical (unpaired) electrons. The summed E-state index contributed by atoms with van der Waals surface area (Å²) in [4.78, 5) is 14.5. The third-order valence-electron chi connectivity index (χ3n) is 3.98. The summed E-state index contributed by atoms with van der Waals surface area (Å²) < 4.78 is 30.2. The van der Waals surface area contributed by atoms with E-state index < -0.39 is 10.0 Å². The van der Waals surface area contributed by atoms with Crippen LogP contribution >= 0.6 is 0 Å². The zero-order valence-corrected chi connectivity index (χ0v) is 14.4. The van der Waals surface area contributed by atoms with Gasteiger partial charge in [-0.3, -0.25) is 4.79 Å². The third-order valence-corrected chi connectivity index (χ3v) is 4.67. The fourth-order valence-corrected chi connectivity index (χ4v) is 3.30. The summed E-state index contributed by atoms with van der Waals surface area (Å²) in [6, 6.07) is 7.26. The van der Waals surface area contributed by atoms with Gasteiger partial charge in [-0.15, -0.1) is 0 Å². The normalized spacial score (nSPS) is 18.9. The molecular formula is C16H24N2O4S. The molecule has 128 valence electrons. The molecular weight excluding hydrogens is 316 g/mol. The van der Waals surface area contributed by atoms with Crippen molar-refractivity contribution in [2.45, 2.75) is 31.9 Å². The Morgan fingerprint density at radius 1 is 1.30 bits per heavy atom. The molecule has 1 atom stereocenters. The van der Waals surface area contributed by atoms with E-state index in [4.69, 9.17) is 4.74 Å². The average Bonchev–Trinajstić information content (AvgIpc) is 2.53.